The van der Waals surface area contributed by atoms with E-state index in [1.807, 2.05) is 0 Å². The van der Waals surface area contributed by atoms with Crippen molar-refractivity contribution < 1.29 is 18.0 Å². The van der Waals surface area contributed by atoms with Gasteiger partial charge in [0.25, 0.3) is 5.91 Å². The van der Waals surface area contributed by atoms with Crippen LogP contribution in [0.25, 0.3) is 11.1 Å². The highest BCUT2D eigenvalue weighted by Crippen LogP contribution is 2.36. The van der Waals surface area contributed by atoms with Gasteiger partial charge in [-0.2, -0.15) is 0 Å². The lowest BCUT2D eigenvalue weighted by Crippen LogP contribution is -2.13. The molecule has 0 spiro atoms. The first-order valence-electron chi connectivity index (χ1n) is 8.95. The van der Waals surface area contributed by atoms with Gasteiger partial charge in [-0.25, -0.2) is 8.42 Å². The molecule has 0 saturated heterocycles. The van der Waals surface area contributed by atoms with E-state index in [1.165, 1.54) is 6.07 Å². The summed E-state index contributed by atoms with van der Waals surface area (Å²) in [5.41, 5.74) is 9.42. The number of nitrogens with two attached hydrogens (primary N) is 1. The van der Waals surface area contributed by atoms with E-state index >= 15 is 0 Å². The average Bonchev–Trinajstić information content (AvgIpc) is 2.81. The number of primary amides is 1. The summed E-state index contributed by atoms with van der Waals surface area (Å²) in [4.78, 5) is 24.1. The van der Waals surface area contributed by atoms with E-state index < -0.39 is 15.9 Å². The molecule has 2 amide bonds. The van der Waals surface area contributed by atoms with E-state index in [1.54, 1.807) is 54.6 Å². The van der Waals surface area contributed by atoms with Crippen molar-refractivity contribution in [3.63, 3.8) is 0 Å². The second-order valence-electron chi connectivity index (χ2n) is 6.88. The minimum absolute atomic E-state index is 0.281. The highest BCUT2D eigenvalue weighted by Gasteiger charge is 2.21. The summed E-state index contributed by atoms with van der Waals surface area (Å²) in [6.07, 6.45) is 1.09. The zero-order chi connectivity index (χ0) is 21.5. The number of anilines is 4. The van der Waals surface area contributed by atoms with Gasteiger partial charge in [-0.15, -0.1) is 0 Å². The first-order valence-corrected chi connectivity index (χ1v) is 10.8. The van der Waals surface area contributed by atoms with Crippen molar-refractivity contribution in [2.45, 2.75) is 0 Å². The molecule has 30 heavy (non-hydrogen) atoms. The van der Waals surface area contributed by atoms with Crippen LogP contribution in [0.15, 0.2) is 60.7 Å². The van der Waals surface area contributed by atoms with Crippen LogP contribution < -0.4 is 21.1 Å². The molecule has 1 heterocycles. The molecule has 0 aromatic heterocycles. The van der Waals surface area contributed by atoms with Crippen LogP contribution in [0, 0.1) is 0 Å². The molecule has 0 fully saturated rings. The molecular formula is C21H18N4O4S. The fourth-order valence-corrected chi connectivity index (χ4v) is 3.86. The molecule has 1 aliphatic rings. The Hall–Kier alpha value is -3.85. The predicted octanol–water partition coefficient (Wildman–Crippen LogP) is 3.13. The van der Waals surface area contributed by atoms with Gasteiger partial charge in [0.2, 0.25) is 15.9 Å². The third kappa shape index (κ3) is 3.83. The first kappa shape index (κ1) is 19.5. The van der Waals surface area contributed by atoms with E-state index in [0.29, 0.717) is 33.9 Å². The number of hydrogen-bond donors (Lipinski definition) is 4. The fraction of sp³-hybridized carbons (Fsp3) is 0.0476. The van der Waals surface area contributed by atoms with Gasteiger partial charge in [-0.3, -0.25) is 14.3 Å². The number of carbonyl (C=O) groups excluding carboxylic acids is 2. The van der Waals surface area contributed by atoms with Crippen molar-refractivity contribution in [1.29, 1.82) is 0 Å². The zero-order valence-electron chi connectivity index (χ0n) is 15.9. The van der Waals surface area contributed by atoms with Crippen LogP contribution in [-0.2, 0) is 10.0 Å². The van der Waals surface area contributed by atoms with Crippen molar-refractivity contribution in [3.8, 4) is 11.1 Å². The Balaban J connectivity index is 1.79. The average molecular weight is 422 g/mol. The number of benzene rings is 3. The van der Waals surface area contributed by atoms with Gasteiger partial charge in [-0.05, 0) is 42.0 Å². The molecular weight excluding hydrogens is 404 g/mol. The largest absolute Gasteiger partial charge is 0.366 e. The predicted molar refractivity (Wildman–Crippen MR) is 117 cm³/mol. The molecule has 4 rings (SSSR count). The molecule has 0 bridgehead atoms. The van der Waals surface area contributed by atoms with Crippen molar-refractivity contribution >= 4 is 44.6 Å². The van der Waals surface area contributed by atoms with Crippen molar-refractivity contribution in [2.75, 3.05) is 21.6 Å². The number of sulfonamides is 1. The molecule has 3 aromatic carbocycles. The Morgan fingerprint density at radius 2 is 1.67 bits per heavy atom. The molecule has 0 atom stereocenters. The molecule has 0 radical (unpaired) electrons. The quantitative estimate of drug-likeness (QED) is 0.513. The van der Waals surface area contributed by atoms with Crippen molar-refractivity contribution in [3.05, 3.63) is 71.8 Å². The molecule has 0 saturated carbocycles. The maximum atomic E-state index is 12.7. The summed E-state index contributed by atoms with van der Waals surface area (Å²) in [5, 5.41) is 5.98. The Labute approximate surface area is 173 Å². The standard InChI is InChI=1S/C21H18N4O4S/c1-30(28,29)25-16-5-3-2-4-14(16)12-6-8-15-18(10-12)23-17-9-7-13(20(22)26)11-19(17)24-21(15)27/h2-11,23,25H,1H3,(H2,22,26)(H,24,27). The maximum absolute atomic E-state index is 12.7. The highest BCUT2D eigenvalue weighted by atomic mass is 32.2. The van der Waals surface area contributed by atoms with Gasteiger partial charge in [0, 0.05) is 11.1 Å². The normalized spacial score (nSPS) is 12.6. The minimum atomic E-state index is -3.46. The number of amides is 2. The van der Waals surface area contributed by atoms with Crippen LogP contribution in [0.5, 0.6) is 0 Å². The second-order valence-corrected chi connectivity index (χ2v) is 8.63. The molecule has 9 heteroatoms. The summed E-state index contributed by atoms with van der Waals surface area (Å²) in [6, 6.07) is 16.9. The first-order chi connectivity index (χ1) is 14.2. The molecule has 0 unspecified atom stereocenters. The third-order valence-electron chi connectivity index (χ3n) is 4.62. The maximum Gasteiger partial charge on any atom is 0.257 e. The van der Waals surface area contributed by atoms with E-state index in [4.69, 9.17) is 5.73 Å². The molecule has 3 aromatic rings. The summed E-state index contributed by atoms with van der Waals surface area (Å²) in [6.45, 7) is 0. The number of nitrogens with one attached hydrogen (secondary N) is 3. The van der Waals surface area contributed by atoms with E-state index in [9.17, 15) is 18.0 Å². The van der Waals surface area contributed by atoms with Crippen LogP contribution in [0.1, 0.15) is 20.7 Å². The monoisotopic (exact) mass is 422 g/mol. The second kappa shape index (κ2) is 7.20. The summed E-state index contributed by atoms with van der Waals surface area (Å²) < 4.78 is 25.9. The number of para-hydroxylation sites is 1. The lowest BCUT2D eigenvalue weighted by molar-refractivity contribution is 0.0996. The van der Waals surface area contributed by atoms with Crippen molar-refractivity contribution in [2.24, 2.45) is 5.73 Å². The third-order valence-corrected chi connectivity index (χ3v) is 5.21. The van der Waals surface area contributed by atoms with Gasteiger partial charge in [-0.1, -0.05) is 24.3 Å². The van der Waals surface area contributed by atoms with Gasteiger partial charge in [0.05, 0.1) is 34.6 Å². The molecule has 5 N–H and O–H groups in total. The SMILES string of the molecule is CS(=O)(=O)Nc1ccccc1-c1ccc2c(c1)Nc1ccc(C(N)=O)cc1NC2=O. The smallest absolute Gasteiger partial charge is 0.257 e. The van der Waals surface area contributed by atoms with Gasteiger partial charge >= 0.3 is 0 Å². The van der Waals surface area contributed by atoms with Crippen molar-refractivity contribution in [1.82, 2.24) is 0 Å². The van der Waals surface area contributed by atoms with Crippen LogP contribution in [-0.4, -0.2) is 26.5 Å². The summed E-state index contributed by atoms with van der Waals surface area (Å²) >= 11 is 0. The summed E-state index contributed by atoms with van der Waals surface area (Å²) in [5.74, 6) is -0.932. The van der Waals surface area contributed by atoms with E-state index in [-0.39, 0.29) is 11.5 Å². The number of fused-ring (bicyclic) bond motifs is 2. The molecule has 8 nitrogen and oxygen atoms in total. The number of rotatable bonds is 4. The van der Waals surface area contributed by atoms with E-state index in [0.717, 1.165) is 11.8 Å². The van der Waals surface area contributed by atoms with Gasteiger partial charge in [0.15, 0.2) is 0 Å². The highest BCUT2D eigenvalue weighted by molar-refractivity contribution is 7.92. The minimum Gasteiger partial charge on any atom is -0.366 e. The lowest BCUT2D eigenvalue weighted by Gasteiger charge is -2.14. The fourth-order valence-electron chi connectivity index (χ4n) is 3.28. The Morgan fingerprint density at radius 1 is 0.900 bits per heavy atom. The number of hydrogen-bond acceptors (Lipinski definition) is 5. The zero-order valence-corrected chi connectivity index (χ0v) is 16.7. The topological polar surface area (TPSA) is 130 Å². The van der Waals surface area contributed by atoms with Crippen LogP contribution >= 0.6 is 0 Å². The Kier molecular flexibility index (Phi) is 4.67. The van der Waals surface area contributed by atoms with Crippen LogP contribution in [0.2, 0.25) is 0 Å². The van der Waals surface area contributed by atoms with E-state index in [2.05, 4.69) is 15.4 Å². The molecule has 1 aliphatic heterocycles. The Morgan fingerprint density at radius 3 is 2.40 bits per heavy atom. The van der Waals surface area contributed by atoms with Crippen LogP contribution in [0.4, 0.5) is 22.7 Å². The van der Waals surface area contributed by atoms with Crippen LogP contribution in [0.3, 0.4) is 0 Å². The molecule has 0 aliphatic carbocycles. The summed E-state index contributed by atoms with van der Waals surface area (Å²) in [7, 11) is -3.46. The number of carbonyl (C=O) groups is 2. The molecule has 152 valence electrons. The van der Waals surface area contributed by atoms with Gasteiger partial charge < -0.3 is 16.4 Å². The lowest BCUT2D eigenvalue weighted by atomic mass is 10.0. The van der Waals surface area contributed by atoms with Gasteiger partial charge in [0.1, 0.15) is 0 Å². The Bertz CT molecular complexity index is 1300.